The third-order valence-corrected chi connectivity index (χ3v) is 3.71. The molecule has 3 rings (SSSR count). The predicted molar refractivity (Wildman–Crippen MR) is 63.3 cm³/mol. The van der Waals surface area contributed by atoms with Crippen LogP contribution in [-0.2, 0) is 0 Å². The monoisotopic (exact) mass is 202 g/mol. The summed E-state index contributed by atoms with van der Waals surface area (Å²) in [5.74, 6) is 0. The number of anilines is 1. The number of para-hydroxylation sites is 1. The van der Waals surface area contributed by atoms with Crippen molar-refractivity contribution < 1.29 is 0 Å². The lowest BCUT2D eigenvalue weighted by Crippen LogP contribution is -2.50. The Morgan fingerprint density at radius 2 is 1.87 bits per heavy atom. The highest BCUT2D eigenvalue weighted by Crippen LogP contribution is 2.24. The Labute approximate surface area is 91.5 Å². The Hall–Kier alpha value is -1.02. The fourth-order valence-electron chi connectivity index (χ4n) is 2.86. The first-order valence-electron chi connectivity index (χ1n) is 5.97. The highest BCUT2D eigenvalue weighted by atomic mass is 15.3. The van der Waals surface area contributed by atoms with Gasteiger partial charge in [-0.25, -0.2) is 0 Å². The number of rotatable bonds is 1. The molecule has 0 aliphatic carbocycles. The standard InChI is InChI=1S/C13H18N2/c1-2-5-12(6-3-1)15-10-9-14-8-4-7-13(14)11-15/h1-3,5-6,13H,4,7-11H2. The molecule has 2 aliphatic heterocycles. The van der Waals surface area contributed by atoms with Crippen molar-refractivity contribution in [2.24, 2.45) is 0 Å². The third kappa shape index (κ3) is 1.74. The molecule has 1 aromatic rings. The second-order valence-corrected chi connectivity index (χ2v) is 4.61. The van der Waals surface area contributed by atoms with Crippen LogP contribution in [0, 0.1) is 0 Å². The summed E-state index contributed by atoms with van der Waals surface area (Å²) in [7, 11) is 0. The molecule has 15 heavy (non-hydrogen) atoms. The number of hydrogen-bond acceptors (Lipinski definition) is 2. The van der Waals surface area contributed by atoms with E-state index < -0.39 is 0 Å². The zero-order chi connectivity index (χ0) is 10.1. The molecular formula is C13H18N2. The molecule has 80 valence electrons. The van der Waals surface area contributed by atoms with Gasteiger partial charge >= 0.3 is 0 Å². The fraction of sp³-hybridized carbons (Fsp3) is 0.538. The summed E-state index contributed by atoms with van der Waals surface area (Å²) in [5, 5.41) is 0. The van der Waals surface area contributed by atoms with Gasteiger partial charge in [-0.05, 0) is 31.5 Å². The largest absolute Gasteiger partial charge is 0.369 e. The summed E-state index contributed by atoms with van der Waals surface area (Å²) in [6, 6.07) is 11.6. The van der Waals surface area contributed by atoms with E-state index in [0.29, 0.717) is 0 Å². The maximum atomic E-state index is 2.65. The number of hydrogen-bond donors (Lipinski definition) is 0. The molecule has 0 spiro atoms. The van der Waals surface area contributed by atoms with Crippen molar-refractivity contribution in [1.29, 1.82) is 0 Å². The Bertz CT molecular complexity index is 323. The van der Waals surface area contributed by atoms with Crippen LogP contribution in [0.25, 0.3) is 0 Å². The van der Waals surface area contributed by atoms with Crippen molar-refractivity contribution in [3.63, 3.8) is 0 Å². The average molecular weight is 202 g/mol. The van der Waals surface area contributed by atoms with Crippen molar-refractivity contribution in [3.8, 4) is 0 Å². The van der Waals surface area contributed by atoms with Crippen LogP contribution in [0.2, 0.25) is 0 Å². The summed E-state index contributed by atoms with van der Waals surface area (Å²) in [6.07, 6.45) is 2.79. The van der Waals surface area contributed by atoms with Crippen molar-refractivity contribution in [1.82, 2.24) is 4.90 Å². The van der Waals surface area contributed by atoms with Crippen LogP contribution in [0.4, 0.5) is 5.69 Å². The van der Waals surface area contributed by atoms with E-state index in [1.54, 1.807) is 0 Å². The summed E-state index contributed by atoms with van der Waals surface area (Å²) in [6.45, 7) is 5.00. The van der Waals surface area contributed by atoms with E-state index in [2.05, 4.69) is 40.1 Å². The molecule has 0 radical (unpaired) electrons. The van der Waals surface area contributed by atoms with E-state index in [1.807, 2.05) is 0 Å². The maximum Gasteiger partial charge on any atom is 0.0367 e. The molecule has 0 saturated carbocycles. The minimum Gasteiger partial charge on any atom is -0.369 e. The number of nitrogens with zero attached hydrogens (tertiary/aromatic N) is 2. The van der Waals surface area contributed by atoms with E-state index in [0.717, 1.165) is 6.04 Å². The lowest BCUT2D eigenvalue weighted by atomic mass is 10.1. The van der Waals surface area contributed by atoms with Gasteiger partial charge in [0.05, 0.1) is 0 Å². The van der Waals surface area contributed by atoms with Gasteiger partial charge in [-0.3, -0.25) is 4.90 Å². The van der Waals surface area contributed by atoms with Gasteiger partial charge in [0.1, 0.15) is 0 Å². The minimum absolute atomic E-state index is 0.818. The Kier molecular flexibility index (Phi) is 2.37. The molecule has 0 aromatic heterocycles. The van der Waals surface area contributed by atoms with Crippen LogP contribution >= 0.6 is 0 Å². The molecule has 2 fully saturated rings. The Morgan fingerprint density at radius 3 is 2.73 bits per heavy atom. The minimum atomic E-state index is 0.818. The van der Waals surface area contributed by atoms with E-state index in [4.69, 9.17) is 0 Å². The van der Waals surface area contributed by atoms with Gasteiger partial charge in [0.15, 0.2) is 0 Å². The Morgan fingerprint density at radius 1 is 1.00 bits per heavy atom. The molecule has 2 aliphatic rings. The van der Waals surface area contributed by atoms with Gasteiger partial charge in [0.25, 0.3) is 0 Å². The first-order chi connectivity index (χ1) is 7.43. The lowest BCUT2D eigenvalue weighted by molar-refractivity contribution is 0.231. The van der Waals surface area contributed by atoms with Crippen LogP contribution in [0.15, 0.2) is 30.3 Å². The second-order valence-electron chi connectivity index (χ2n) is 4.61. The zero-order valence-electron chi connectivity index (χ0n) is 9.10. The van der Waals surface area contributed by atoms with E-state index in [9.17, 15) is 0 Å². The van der Waals surface area contributed by atoms with Crippen molar-refractivity contribution >= 4 is 5.69 Å². The van der Waals surface area contributed by atoms with Crippen LogP contribution < -0.4 is 4.90 Å². The molecular weight excluding hydrogens is 184 g/mol. The van der Waals surface area contributed by atoms with E-state index >= 15 is 0 Å². The highest BCUT2D eigenvalue weighted by molar-refractivity contribution is 5.46. The van der Waals surface area contributed by atoms with Gasteiger partial charge in [0, 0.05) is 31.4 Å². The first kappa shape index (κ1) is 9.22. The fourth-order valence-corrected chi connectivity index (χ4v) is 2.86. The van der Waals surface area contributed by atoms with Crippen molar-refractivity contribution in [3.05, 3.63) is 30.3 Å². The summed E-state index contributed by atoms with van der Waals surface area (Å²) >= 11 is 0. The normalized spacial score (nSPS) is 26.7. The van der Waals surface area contributed by atoms with Gasteiger partial charge in [-0.2, -0.15) is 0 Å². The van der Waals surface area contributed by atoms with Crippen LogP contribution in [0.5, 0.6) is 0 Å². The zero-order valence-corrected chi connectivity index (χ0v) is 9.10. The molecule has 2 heteroatoms. The van der Waals surface area contributed by atoms with Crippen molar-refractivity contribution in [2.75, 3.05) is 31.1 Å². The van der Waals surface area contributed by atoms with Crippen LogP contribution in [0.1, 0.15) is 12.8 Å². The van der Waals surface area contributed by atoms with E-state index in [1.165, 1.54) is 44.7 Å². The average Bonchev–Trinajstić information content (AvgIpc) is 2.77. The summed E-state index contributed by atoms with van der Waals surface area (Å²) in [5.41, 5.74) is 1.39. The molecule has 2 nitrogen and oxygen atoms in total. The van der Waals surface area contributed by atoms with Gasteiger partial charge < -0.3 is 4.90 Å². The molecule has 2 heterocycles. The maximum absolute atomic E-state index is 2.65. The second kappa shape index (κ2) is 3.86. The number of piperazine rings is 1. The lowest BCUT2D eigenvalue weighted by Gasteiger charge is -2.38. The molecule has 1 atom stereocenters. The molecule has 0 amide bonds. The molecule has 1 unspecified atom stereocenters. The van der Waals surface area contributed by atoms with Crippen molar-refractivity contribution in [2.45, 2.75) is 18.9 Å². The smallest absolute Gasteiger partial charge is 0.0367 e. The van der Waals surface area contributed by atoms with Crippen LogP contribution in [-0.4, -0.2) is 37.1 Å². The highest BCUT2D eigenvalue weighted by Gasteiger charge is 2.30. The third-order valence-electron chi connectivity index (χ3n) is 3.71. The predicted octanol–water partition coefficient (Wildman–Crippen LogP) is 1.97. The SMILES string of the molecule is c1ccc(N2CCN3CCCC3C2)cc1. The molecule has 1 aromatic carbocycles. The van der Waals surface area contributed by atoms with Gasteiger partial charge in [-0.15, -0.1) is 0 Å². The van der Waals surface area contributed by atoms with Gasteiger partial charge in [-0.1, -0.05) is 18.2 Å². The van der Waals surface area contributed by atoms with Gasteiger partial charge in [0.2, 0.25) is 0 Å². The molecule has 0 N–H and O–H groups in total. The summed E-state index contributed by atoms with van der Waals surface area (Å²) in [4.78, 5) is 5.19. The summed E-state index contributed by atoms with van der Waals surface area (Å²) < 4.78 is 0. The quantitative estimate of drug-likeness (QED) is 0.687. The molecule has 2 saturated heterocycles. The topological polar surface area (TPSA) is 6.48 Å². The first-order valence-corrected chi connectivity index (χ1v) is 5.97. The Balaban J connectivity index is 1.74. The van der Waals surface area contributed by atoms with Crippen LogP contribution in [0.3, 0.4) is 0 Å². The van der Waals surface area contributed by atoms with E-state index in [-0.39, 0.29) is 0 Å². The molecule has 0 bridgehead atoms. The number of benzene rings is 1. The number of fused-ring (bicyclic) bond motifs is 1.